The number of aliphatic imine (C=N–C) groups is 1. The number of anilines is 1. The average Bonchev–Trinajstić information content (AvgIpc) is 3.60. The maximum Gasteiger partial charge on any atom is 0.270 e. The summed E-state index contributed by atoms with van der Waals surface area (Å²) in [6, 6.07) is 24.8. The largest absolute Gasteiger partial charge is 0.456 e. The van der Waals surface area contributed by atoms with Gasteiger partial charge in [0.05, 0.1) is 10.6 Å². The predicted octanol–water partition coefficient (Wildman–Crippen LogP) is 6.30. The molecular formula is C31H26N4O5. The van der Waals surface area contributed by atoms with E-state index in [4.69, 9.17) is 13.9 Å². The lowest BCUT2D eigenvalue weighted by Crippen LogP contribution is -2.46. The van der Waals surface area contributed by atoms with Crippen molar-refractivity contribution >= 4 is 45.2 Å². The molecule has 5 aromatic rings. The summed E-state index contributed by atoms with van der Waals surface area (Å²) in [6.07, 6.45) is 1.71. The van der Waals surface area contributed by atoms with Gasteiger partial charge in [-0.1, -0.05) is 24.3 Å². The summed E-state index contributed by atoms with van der Waals surface area (Å²) in [7, 11) is 0. The molecule has 7 rings (SSSR count). The Labute approximate surface area is 230 Å². The molecule has 1 saturated heterocycles. The molecule has 1 aromatic heterocycles. The molecule has 0 atom stereocenters. The Bertz CT molecular complexity index is 1770. The van der Waals surface area contributed by atoms with E-state index in [1.165, 1.54) is 5.56 Å². The first-order valence-electron chi connectivity index (χ1n) is 13.2. The summed E-state index contributed by atoms with van der Waals surface area (Å²) in [5.41, 5.74) is 5.18. The maximum absolute atomic E-state index is 11.5. The molecule has 9 nitrogen and oxygen atoms in total. The van der Waals surface area contributed by atoms with Crippen LogP contribution in [-0.2, 0) is 6.54 Å². The van der Waals surface area contributed by atoms with Crippen molar-refractivity contribution in [2.75, 3.05) is 37.9 Å². The summed E-state index contributed by atoms with van der Waals surface area (Å²) in [6.45, 7) is 4.42. The van der Waals surface area contributed by atoms with Gasteiger partial charge in [-0.3, -0.25) is 20.0 Å². The van der Waals surface area contributed by atoms with Crippen LogP contribution in [0.5, 0.6) is 11.5 Å². The zero-order valence-corrected chi connectivity index (χ0v) is 21.7. The summed E-state index contributed by atoms with van der Waals surface area (Å²) in [4.78, 5) is 20.5. The van der Waals surface area contributed by atoms with E-state index in [1.54, 1.807) is 18.3 Å². The van der Waals surface area contributed by atoms with Gasteiger partial charge in [0.1, 0.15) is 11.2 Å². The highest BCUT2D eigenvalue weighted by molar-refractivity contribution is 6.05. The SMILES string of the molecule is O=[N+]([O-])c1ccc(N2CCN(Cc3ccc4c(c3)OCO4)CC2)c(C=Nc2ccc3c(c2)oc2ccccc23)c1. The molecule has 0 N–H and O–H groups in total. The Morgan fingerprint density at radius 2 is 1.68 bits per heavy atom. The highest BCUT2D eigenvalue weighted by Gasteiger charge is 2.22. The number of nitrogens with zero attached hydrogens (tertiary/aromatic N) is 4. The van der Waals surface area contributed by atoms with Gasteiger partial charge in [-0.15, -0.1) is 0 Å². The van der Waals surface area contributed by atoms with Crippen molar-refractivity contribution in [3.63, 3.8) is 0 Å². The minimum atomic E-state index is -0.370. The van der Waals surface area contributed by atoms with Crippen molar-refractivity contribution in [3.05, 3.63) is 100 Å². The fourth-order valence-corrected chi connectivity index (χ4v) is 5.43. The summed E-state index contributed by atoms with van der Waals surface area (Å²) in [5.74, 6) is 1.59. The zero-order chi connectivity index (χ0) is 27.1. The third-order valence-corrected chi connectivity index (χ3v) is 7.49. The molecule has 200 valence electrons. The molecule has 0 radical (unpaired) electrons. The number of benzene rings is 4. The summed E-state index contributed by atoms with van der Waals surface area (Å²) in [5, 5.41) is 13.6. The second kappa shape index (κ2) is 10.0. The lowest BCUT2D eigenvalue weighted by atomic mass is 10.1. The Morgan fingerprint density at radius 3 is 2.55 bits per heavy atom. The van der Waals surface area contributed by atoms with Gasteiger partial charge >= 0.3 is 0 Å². The van der Waals surface area contributed by atoms with Crippen molar-refractivity contribution in [2.24, 2.45) is 4.99 Å². The van der Waals surface area contributed by atoms with Crippen LogP contribution in [0.3, 0.4) is 0 Å². The molecule has 0 bridgehead atoms. The monoisotopic (exact) mass is 534 g/mol. The van der Waals surface area contributed by atoms with Gasteiger partial charge in [0.15, 0.2) is 11.5 Å². The Kier molecular flexibility index (Phi) is 6.05. The minimum absolute atomic E-state index is 0.0411. The molecule has 2 aliphatic heterocycles. The third-order valence-electron chi connectivity index (χ3n) is 7.49. The van der Waals surface area contributed by atoms with Crippen LogP contribution in [0.4, 0.5) is 17.1 Å². The highest BCUT2D eigenvalue weighted by atomic mass is 16.7. The van der Waals surface area contributed by atoms with E-state index in [0.29, 0.717) is 5.56 Å². The summed E-state index contributed by atoms with van der Waals surface area (Å²) < 4.78 is 16.9. The molecule has 0 amide bonds. The van der Waals surface area contributed by atoms with Crippen molar-refractivity contribution < 1.29 is 18.8 Å². The lowest BCUT2D eigenvalue weighted by molar-refractivity contribution is -0.384. The zero-order valence-electron chi connectivity index (χ0n) is 21.7. The van der Waals surface area contributed by atoms with E-state index < -0.39 is 0 Å². The maximum atomic E-state index is 11.5. The van der Waals surface area contributed by atoms with Crippen LogP contribution in [0.25, 0.3) is 21.9 Å². The molecule has 9 heteroatoms. The summed E-state index contributed by atoms with van der Waals surface area (Å²) >= 11 is 0. The number of furan rings is 1. The van der Waals surface area contributed by atoms with Crippen LogP contribution < -0.4 is 14.4 Å². The number of nitro groups is 1. The number of rotatable bonds is 6. The molecular weight excluding hydrogens is 508 g/mol. The van der Waals surface area contributed by atoms with E-state index in [0.717, 1.165) is 77.5 Å². The van der Waals surface area contributed by atoms with E-state index in [-0.39, 0.29) is 17.4 Å². The number of non-ortho nitro benzene ring substituents is 1. The van der Waals surface area contributed by atoms with E-state index in [2.05, 4.69) is 20.9 Å². The Balaban J connectivity index is 1.10. The fraction of sp³-hybridized carbons (Fsp3) is 0.194. The molecule has 1 fully saturated rings. The van der Waals surface area contributed by atoms with Crippen molar-refractivity contribution in [3.8, 4) is 11.5 Å². The quantitative estimate of drug-likeness (QED) is 0.143. The fourth-order valence-electron chi connectivity index (χ4n) is 5.43. The molecule has 40 heavy (non-hydrogen) atoms. The van der Waals surface area contributed by atoms with Crippen LogP contribution in [0, 0.1) is 10.1 Å². The molecule has 4 aromatic carbocycles. The minimum Gasteiger partial charge on any atom is -0.456 e. The Hall–Kier alpha value is -4.89. The van der Waals surface area contributed by atoms with Crippen molar-refractivity contribution in [1.29, 1.82) is 0 Å². The highest BCUT2D eigenvalue weighted by Crippen LogP contribution is 2.34. The van der Waals surface area contributed by atoms with Gasteiger partial charge in [0, 0.05) is 79.2 Å². The van der Waals surface area contributed by atoms with E-state index >= 15 is 0 Å². The van der Waals surface area contributed by atoms with Crippen LogP contribution in [-0.4, -0.2) is 49.0 Å². The lowest BCUT2D eigenvalue weighted by Gasteiger charge is -2.36. The first-order valence-corrected chi connectivity index (χ1v) is 13.2. The Morgan fingerprint density at radius 1 is 0.850 bits per heavy atom. The molecule has 0 spiro atoms. The number of piperazine rings is 1. The first kappa shape index (κ1) is 24.2. The molecule has 3 heterocycles. The first-order chi connectivity index (χ1) is 19.6. The number of hydrogen-bond acceptors (Lipinski definition) is 8. The second-order valence-corrected chi connectivity index (χ2v) is 9.99. The number of nitro benzene ring substituents is 1. The molecule has 0 aliphatic carbocycles. The smallest absolute Gasteiger partial charge is 0.270 e. The van der Waals surface area contributed by atoms with Gasteiger partial charge in [-0.25, -0.2) is 0 Å². The van der Waals surface area contributed by atoms with E-state index in [9.17, 15) is 10.1 Å². The number of para-hydroxylation sites is 1. The van der Waals surface area contributed by atoms with Crippen molar-refractivity contribution in [2.45, 2.75) is 6.54 Å². The van der Waals surface area contributed by atoms with Crippen LogP contribution >= 0.6 is 0 Å². The van der Waals surface area contributed by atoms with Gasteiger partial charge in [0.25, 0.3) is 5.69 Å². The van der Waals surface area contributed by atoms with E-state index in [1.807, 2.05) is 60.7 Å². The standard InChI is InChI=1S/C31H26N4O5/c36-35(37)24-7-9-27(34-13-11-33(12-14-34)19-21-5-10-29-31(15-21)39-20-38-29)22(16-24)18-32-23-6-8-26-25-3-1-2-4-28(25)40-30(26)17-23/h1-10,15-18H,11-14,19-20H2. The number of hydrogen-bond donors (Lipinski definition) is 0. The van der Waals surface area contributed by atoms with Gasteiger partial charge in [-0.2, -0.15) is 0 Å². The number of ether oxygens (including phenoxy) is 2. The normalized spacial score (nSPS) is 15.4. The van der Waals surface area contributed by atoms with Crippen molar-refractivity contribution in [1.82, 2.24) is 4.90 Å². The topological polar surface area (TPSA) is 93.6 Å². The molecule has 0 saturated carbocycles. The number of fused-ring (bicyclic) bond motifs is 4. The molecule has 0 unspecified atom stereocenters. The van der Waals surface area contributed by atoms with Crippen LogP contribution in [0.2, 0.25) is 0 Å². The van der Waals surface area contributed by atoms with Crippen LogP contribution in [0.1, 0.15) is 11.1 Å². The second-order valence-electron chi connectivity index (χ2n) is 9.99. The van der Waals surface area contributed by atoms with Crippen LogP contribution in [0.15, 0.2) is 88.3 Å². The van der Waals surface area contributed by atoms with Gasteiger partial charge in [0.2, 0.25) is 6.79 Å². The average molecular weight is 535 g/mol. The third kappa shape index (κ3) is 4.60. The molecule has 2 aliphatic rings. The predicted molar refractivity (Wildman–Crippen MR) is 154 cm³/mol. The van der Waals surface area contributed by atoms with Gasteiger partial charge < -0.3 is 18.8 Å². The van der Waals surface area contributed by atoms with Gasteiger partial charge in [-0.05, 0) is 42.0 Å².